The Kier molecular flexibility index (Phi) is 5.07. The van der Waals surface area contributed by atoms with Crippen molar-refractivity contribution < 1.29 is 4.74 Å². The van der Waals surface area contributed by atoms with Crippen molar-refractivity contribution in [3.63, 3.8) is 0 Å². The molecule has 0 bridgehead atoms. The number of aromatic nitrogens is 2. The standard InChI is InChI=1S/C15H17ClN4O/c1-2-3-8-20-14(18)13(9-17)15(19-20)21-10-11-4-6-12(16)7-5-11/h4-7H,2-3,8,10,18H2,1H3. The minimum absolute atomic E-state index is 0.279. The van der Waals surface area contributed by atoms with E-state index in [1.807, 2.05) is 12.1 Å². The highest BCUT2D eigenvalue weighted by Gasteiger charge is 2.16. The second-order valence-electron chi connectivity index (χ2n) is 4.67. The predicted octanol–water partition coefficient (Wildman–Crippen LogP) is 3.37. The molecule has 5 nitrogen and oxygen atoms in total. The first-order valence-electron chi connectivity index (χ1n) is 6.79. The Labute approximate surface area is 128 Å². The van der Waals surface area contributed by atoms with Gasteiger partial charge in [0.25, 0.3) is 5.88 Å². The highest BCUT2D eigenvalue weighted by Crippen LogP contribution is 2.24. The quantitative estimate of drug-likeness (QED) is 0.887. The average Bonchev–Trinajstić information content (AvgIpc) is 2.80. The van der Waals surface area contributed by atoms with E-state index in [4.69, 9.17) is 22.1 Å². The molecule has 2 N–H and O–H groups in total. The molecule has 0 unspecified atom stereocenters. The summed E-state index contributed by atoms with van der Waals surface area (Å²) in [6.07, 6.45) is 1.98. The van der Waals surface area contributed by atoms with Gasteiger partial charge in [-0.05, 0) is 24.1 Å². The number of benzene rings is 1. The molecule has 0 atom stereocenters. The van der Waals surface area contributed by atoms with Gasteiger partial charge < -0.3 is 10.5 Å². The fraction of sp³-hybridized carbons (Fsp3) is 0.333. The number of unbranched alkanes of at least 4 members (excludes halogenated alkanes) is 1. The number of nitrogens with two attached hydrogens (primary N) is 1. The summed E-state index contributed by atoms with van der Waals surface area (Å²) in [6, 6.07) is 9.37. The summed E-state index contributed by atoms with van der Waals surface area (Å²) < 4.78 is 7.24. The molecule has 21 heavy (non-hydrogen) atoms. The molecule has 0 saturated heterocycles. The van der Waals surface area contributed by atoms with Crippen LogP contribution in [-0.4, -0.2) is 9.78 Å². The summed E-state index contributed by atoms with van der Waals surface area (Å²) in [7, 11) is 0. The minimum atomic E-state index is 0.279. The Balaban J connectivity index is 2.12. The van der Waals surface area contributed by atoms with Crippen molar-refractivity contribution in [2.75, 3.05) is 5.73 Å². The zero-order valence-electron chi connectivity index (χ0n) is 11.8. The molecule has 6 heteroatoms. The van der Waals surface area contributed by atoms with Crippen LogP contribution in [0.3, 0.4) is 0 Å². The summed E-state index contributed by atoms with van der Waals surface area (Å²) in [5.41, 5.74) is 7.17. The molecular weight excluding hydrogens is 288 g/mol. The van der Waals surface area contributed by atoms with Crippen LogP contribution in [0, 0.1) is 11.3 Å². The fourth-order valence-electron chi connectivity index (χ4n) is 1.87. The molecule has 0 aliphatic heterocycles. The molecule has 1 heterocycles. The maximum atomic E-state index is 9.19. The molecule has 0 spiro atoms. The van der Waals surface area contributed by atoms with E-state index in [-0.39, 0.29) is 5.88 Å². The van der Waals surface area contributed by atoms with E-state index in [1.165, 1.54) is 0 Å². The molecule has 110 valence electrons. The molecule has 2 aromatic rings. The van der Waals surface area contributed by atoms with Crippen molar-refractivity contribution in [1.82, 2.24) is 9.78 Å². The zero-order chi connectivity index (χ0) is 15.2. The summed E-state index contributed by atoms with van der Waals surface area (Å²) in [5.74, 6) is 0.637. The molecule has 0 fully saturated rings. The largest absolute Gasteiger partial charge is 0.471 e. The number of nitriles is 1. The third-order valence-corrected chi connectivity index (χ3v) is 3.34. The highest BCUT2D eigenvalue weighted by atomic mass is 35.5. The lowest BCUT2D eigenvalue weighted by Crippen LogP contribution is -2.05. The lowest BCUT2D eigenvalue weighted by atomic mass is 10.2. The van der Waals surface area contributed by atoms with Gasteiger partial charge in [0.15, 0.2) is 5.56 Å². The van der Waals surface area contributed by atoms with Crippen molar-refractivity contribution in [1.29, 1.82) is 5.26 Å². The van der Waals surface area contributed by atoms with E-state index in [0.717, 1.165) is 18.4 Å². The van der Waals surface area contributed by atoms with Gasteiger partial charge in [-0.15, -0.1) is 5.10 Å². The van der Waals surface area contributed by atoms with Crippen LogP contribution in [0.1, 0.15) is 30.9 Å². The number of rotatable bonds is 6. The normalized spacial score (nSPS) is 10.3. The van der Waals surface area contributed by atoms with Crippen molar-refractivity contribution in [3.8, 4) is 11.9 Å². The van der Waals surface area contributed by atoms with Crippen LogP contribution in [0.5, 0.6) is 5.88 Å². The second-order valence-corrected chi connectivity index (χ2v) is 5.11. The third kappa shape index (κ3) is 3.67. The van der Waals surface area contributed by atoms with Gasteiger partial charge in [0.05, 0.1) is 0 Å². The summed E-state index contributed by atoms with van der Waals surface area (Å²) in [5, 5.41) is 14.1. The fourth-order valence-corrected chi connectivity index (χ4v) is 1.99. The van der Waals surface area contributed by atoms with Crippen molar-refractivity contribution in [2.45, 2.75) is 32.9 Å². The van der Waals surface area contributed by atoms with E-state index in [2.05, 4.69) is 18.1 Å². The predicted molar refractivity (Wildman–Crippen MR) is 82.0 cm³/mol. The van der Waals surface area contributed by atoms with E-state index in [1.54, 1.807) is 16.8 Å². The van der Waals surface area contributed by atoms with Crippen LogP contribution in [0.25, 0.3) is 0 Å². The first-order valence-corrected chi connectivity index (χ1v) is 7.17. The number of hydrogen-bond donors (Lipinski definition) is 1. The SMILES string of the molecule is CCCCn1nc(OCc2ccc(Cl)cc2)c(C#N)c1N. The third-order valence-electron chi connectivity index (χ3n) is 3.08. The maximum absolute atomic E-state index is 9.19. The first kappa shape index (κ1) is 15.2. The van der Waals surface area contributed by atoms with Crippen LogP contribution in [0.2, 0.25) is 5.02 Å². The highest BCUT2D eigenvalue weighted by molar-refractivity contribution is 6.30. The Bertz CT molecular complexity index is 643. The monoisotopic (exact) mass is 304 g/mol. The van der Waals surface area contributed by atoms with E-state index in [0.29, 0.717) is 29.6 Å². The number of hydrogen-bond acceptors (Lipinski definition) is 4. The molecular formula is C15H17ClN4O. The molecule has 0 amide bonds. The Morgan fingerprint density at radius 2 is 2.10 bits per heavy atom. The minimum Gasteiger partial charge on any atom is -0.471 e. The summed E-state index contributed by atoms with van der Waals surface area (Å²) in [6.45, 7) is 3.08. The van der Waals surface area contributed by atoms with Crippen molar-refractivity contribution in [3.05, 3.63) is 40.4 Å². The molecule has 1 aromatic carbocycles. The molecule has 0 radical (unpaired) electrons. The van der Waals surface area contributed by atoms with Crippen molar-refractivity contribution in [2.24, 2.45) is 0 Å². The molecule has 2 rings (SSSR count). The van der Waals surface area contributed by atoms with Gasteiger partial charge in [-0.3, -0.25) is 0 Å². The molecule has 1 aromatic heterocycles. The van der Waals surface area contributed by atoms with Crippen LogP contribution >= 0.6 is 11.6 Å². The van der Waals surface area contributed by atoms with Gasteiger partial charge >= 0.3 is 0 Å². The van der Waals surface area contributed by atoms with Crippen LogP contribution in [0.15, 0.2) is 24.3 Å². The average molecular weight is 305 g/mol. The number of anilines is 1. The van der Waals surface area contributed by atoms with Gasteiger partial charge in [0, 0.05) is 11.6 Å². The van der Waals surface area contributed by atoms with Gasteiger partial charge in [-0.1, -0.05) is 37.1 Å². The number of nitrogens with zero attached hydrogens (tertiary/aromatic N) is 3. The van der Waals surface area contributed by atoms with E-state index >= 15 is 0 Å². The van der Waals surface area contributed by atoms with Crippen LogP contribution < -0.4 is 10.5 Å². The summed E-state index contributed by atoms with van der Waals surface area (Å²) in [4.78, 5) is 0. The molecule has 0 aliphatic rings. The molecule has 0 aliphatic carbocycles. The molecule has 0 saturated carbocycles. The van der Waals surface area contributed by atoms with Crippen LogP contribution in [0.4, 0.5) is 5.82 Å². The van der Waals surface area contributed by atoms with Crippen molar-refractivity contribution >= 4 is 17.4 Å². The number of nitrogen functional groups attached to an aromatic ring is 1. The maximum Gasteiger partial charge on any atom is 0.253 e. The number of aryl methyl sites for hydroxylation is 1. The van der Waals surface area contributed by atoms with E-state index in [9.17, 15) is 5.26 Å². The second kappa shape index (κ2) is 7.00. The lowest BCUT2D eigenvalue weighted by molar-refractivity contribution is 0.288. The zero-order valence-corrected chi connectivity index (χ0v) is 12.6. The first-order chi connectivity index (χ1) is 10.2. The topological polar surface area (TPSA) is 76.9 Å². The van der Waals surface area contributed by atoms with Gasteiger partial charge in [-0.25, -0.2) is 4.68 Å². The van der Waals surface area contributed by atoms with Gasteiger partial charge in [0.2, 0.25) is 0 Å². The van der Waals surface area contributed by atoms with Gasteiger partial charge in [0.1, 0.15) is 18.5 Å². The Morgan fingerprint density at radius 1 is 1.38 bits per heavy atom. The van der Waals surface area contributed by atoms with Gasteiger partial charge in [-0.2, -0.15) is 5.26 Å². The summed E-state index contributed by atoms with van der Waals surface area (Å²) >= 11 is 5.83. The van der Waals surface area contributed by atoms with Crippen LogP contribution in [-0.2, 0) is 13.2 Å². The number of halogens is 1. The smallest absolute Gasteiger partial charge is 0.253 e. The number of ether oxygens (including phenoxy) is 1. The van der Waals surface area contributed by atoms with E-state index < -0.39 is 0 Å². The Hall–Kier alpha value is -2.19. The lowest BCUT2D eigenvalue weighted by Gasteiger charge is -2.03. The Morgan fingerprint density at radius 3 is 2.71 bits per heavy atom.